The number of nitrogens with zero attached hydrogens (tertiary/aromatic N) is 3. The van der Waals surface area contributed by atoms with Crippen LogP contribution in [0.15, 0.2) is 41.5 Å². The van der Waals surface area contributed by atoms with Gasteiger partial charge < -0.3 is 24.3 Å². The third kappa shape index (κ3) is 6.04. The zero-order valence-corrected chi connectivity index (χ0v) is 20.2. The average molecular weight is 512 g/mol. The summed E-state index contributed by atoms with van der Waals surface area (Å²) in [5, 5.41) is 3.47. The Morgan fingerprint density at radius 1 is 1.24 bits per heavy atom. The zero-order valence-electron chi connectivity index (χ0n) is 17.9. The Labute approximate surface area is 191 Å². The summed E-state index contributed by atoms with van der Waals surface area (Å²) in [6.45, 7) is 1.41. The lowest BCUT2D eigenvalue weighted by molar-refractivity contribution is 0.198. The summed E-state index contributed by atoms with van der Waals surface area (Å²) in [6.07, 6.45) is 7.06. The monoisotopic (exact) mass is 512 g/mol. The van der Waals surface area contributed by atoms with E-state index in [1.54, 1.807) is 7.11 Å². The predicted molar refractivity (Wildman–Crippen MR) is 128 cm³/mol. The zero-order chi connectivity index (χ0) is 19.9. The molecule has 0 radical (unpaired) electrons. The Bertz CT molecular complexity index is 800. The van der Waals surface area contributed by atoms with E-state index in [2.05, 4.69) is 51.2 Å². The van der Waals surface area contributed by atoms with Crippen molar-refractivity contribution in [3.8, 4) is 11.5 Å². The Kier molecular flexibility index (Phi) is 9.13. The van der Waals surface area contributed by atoms with E-state index in [9.17, 15) is 0 Å². The van der Waals surface area contributed by atoms with Crippen LogP contribution in [-0.2, 0) is 20.1 Å². The molecule has 1 aliphatic rings. The highest BCUT2D eigenvalue weighted by Gasteiger charge is 2.21. The van der Waals surface area contributed by atoms with Gasteiger partial charge in [-0.25, -0.2) is 0 Å². The van der Waals surface area contributed by atoms with Gasteiger partial charge in [0.1, 0.15) is 0 Å². The second-order valence-corrected chi connectivity index (χ2v) is 7.34. The van der Waals surface area contributed by atoms with Crippen molar-refractivity contribution in [2.45, 2.75) is 44.9 Å². The van der Waals surface area contributed by atoms with Crippen LogP contribution in [0.5, 0.6) is 11.5 Å². The van der Waals surface area contributed by atoms with Crippen molar-refractivity contribution in [3.05, 3.63) is 47.8 Å². The molecule has 0 saturated heterocycles. The highest BCUT2D eigenvalue weighted by Crippen LogP contribution is 2.34. The van der Waals surface area contributed by atoms with Crippen LogP contribution >= 0.6 is 24.0 Å². The van der Waals surface area contributed by atoms with Crippen molar-refractivity contribution in [2.24, 2.45) is 12.0 Å². The van der Waals surface area contributed by atoms with Gasteiger partial charge in [-0.1, -0.05) is 12.1 Å². The van der Waals surface area contributed by atoms with E-state index in [4.69, 9.17) is 9.47 Å². The molecule has 7 heteroatoms. The van der Waals surface area contributed by atoms with Crippen LogP contribution in [0.25, 0.3) is 0 Å². The van der Waals surface area contributed by atoms with Crippen molar-refractivity contribution >= 4 is 29.9 Å². The summed E-state index contributed by atoms with van der Waals surface area (Å²) in [5.74, 6) is 2.49. The summed E-state index contributed by atoms with van der Waals surface area (Å²) in [7, 11) is 7.61. The fourth-order valence-corrected chi connectivity index (χ4v) is 3.71. The van der Waals surface area contributed by atoms with Crippen LogP contribution in [0.2, 0.25) is 0 Å². The van der Waals surface area contributed by atoms with Gasteiger partial charge in [-0.05, 0) is 43.9 Å². The maximum absolute atomic E-state index is 6.33. The second-order valence-electron chi connectivity index (χ2n) is 7.34. The molecule has 0 aliphatic heterocycles. The Morgan fingerprint density at radius 3 is 2.62 bits per heavy atom. The van der Waals surface area contributed by atoms with E-state index < -0.39 is 0 Å². The van der Waals surface area contributed by atoms with Gasteiger partial charge in [-0.3, -0.25) is 4.99 Å². The molecule has 1 fully saturated rings. The second kappa shape index (κ2) is 11.3. The molecule has 0 bridgehead atoms. The molecule has 0 amide bonds. The van der Waals surface area contributed by atoms with E-state index >= 15 is 0 Å². The molecule has 0 unspecified atom stereocenters. The minimum Gasteiger partial charge on any atom is -0.493 e. The minimum atomic E-state index is 0. The van der Waals surface area contributed by atoms with E-state index in [1.807, 2.05) is 26.2 Å². The van der Waals surface area contributed by atoms with Crippen molar-refractivity contribution in [1.82, 2.24) is 14.8 Å². The number of methoxy groups -OCH3 is 1. The number of hydrogen-bond acceptors (Lipinski definition) is 3. The largest absolute Gasteiger partial charge is 0.493 e. The molecule has 1 aromatic carbocycles. The maximum Gasteiger partial charge on any atom is 0.194 e. The molecule has 0 spiro atoms. The molecule has 1 aromatic heterocycles. The maximum atomic E-state index is 6.33. The third-order valence-electron chi connectivity index (χ3n) is 5.33. The number of guanidine groups is 1. The molecule has 3 rings (SSSR count). The fraction of sp³-hybridized carbons (Fsp3) is 0.500. The third-order valence-corrected chi connectivity index (χ3v) is 5.33. The van der Waals surface area contributed by atoms with Gasteiger partial charge in [0.15, 0.2) is 17.5 Å². The van der Waals surface area contributed by atoms with Gasteiger partial charge in [0.25, 0.3) is 0 Å². The minimum absolute atomic E-state index is 0. The van der Waals surface area contributed by atoms with Crippen LogP contribution < -0.4 is 14.8 Å². The van der Waals surface area contributed by atoms with Gasteiger partial charge in [0, 0.05) is 45.1 Å². The van der Waals surface area contributed by atoms with Gasteiger partial charge >= 0.3 is 0 Å². The topological polar surface area (TPSA) is 51.0 Å². The number of ether oxygens (including phenoxy) is 2. The molecule has 2 aromatic rings. The lowest BCUT2D eigenvalue weighted by Gasteiger charge is -2.24. The van der Waals surface area contributed by atoms with E-state index in [0.29, 0.717) is 6.54 Å². The summed E-state index contributed by atoms with van der Waals surface area (Å²) in [4.78, 5) is 6.56. The lowest BCUT2D eigenvalue weighted by atomic mass is 10.1. The Hall–Kier alpha value is -1.90. The van der Waals surface area contributed by atoms with Gasteiger partial charge in [-0.2, -0.15) is 0 Å². The van der Waals surface area contributed by atoms with Crippen molar-refractivity contribution in [1.29, 1.82) is 0 Å². The summed E-state index contributed by atoms with van der Waals surface area (Å²) >= 11 is 0. The number of aryl methyl sites for hydroxylation is 1. The van der Waals surface area contributed by atoms with Crippen LogP contribution in [0, 0.1) is 0 Å². The van der Waals surface area contributed by atoms with E-state index in [0.717, 1.165) is 42.4 Å². The first-order chi connectivity index (χ1) is 13.6. The molecule has 1 aliphatic carbocycles. The number of aliphatic imine (C=N–C) groups is 1. The molecule has 1 saturated carbocycles. The molecule has 1 N–H and O–H groups in total. The van der Waals surface area contributed by atoms with E-state index in [1.165, 1.54) is 18.5 Å². The first-order valence-electron chi connectivity index (χ1n) is 9.97. The van der Waals surface area contributed by atoms with Crippen LogP contribution in [0.1, 0.15) is 36.9 Å². The highest BCUT2D eigenvalue weighted by molar-refractivity contribution is 14.0. The molecular formula is C22H33IN4O2. The number of aromatic nitrogens is 1. The van der Waals surface area contributed by atoms with Crippen molar-refractivity contribution in [2.75, 3.05) is 21.2 Å². The number of halogens is 1. The molecular weight excluding hydrogens is 479 g/mol. The molecule has 160 valence electrons. The van der Waals surface area contributed by atoms with Crippen molar-refractivity contribution < 1.29 is 9.47 Å². The van der Waals surface area contributed by atoms with Gasteiger partial charge in [0.2, 0.25) is 0 Å². The summed E-state index contributed by atoms with van der Waals surface area (Å²) < 4.78 is 14.0. The number of hydrogen-bond donors (Lipinski definition) is 1. The summed E-state index contributed by atoms with van der Waals surface area (Å²) in [5.41, 5.74) is 2.32. The van der Waals surface area contributed by atoms with Crippen LogP contribution in [0.3, 0.4) is 0 Å². The highest BCUT2D eigenvalue weighted by atomic mass is 127. The van der Waals surface area contributed by atoms with Crippen LogP contribution in [-0.4, -0.2) is 42.7 Å². The van der Waals surface area contributed by atoms with Gasteiger partial charge in [0.05, 0.1) is 19.8 Å². The molecule has 29 heavy (non-hydrogen) atoms. The smallest absolute Gasteiger partial charge is 0.194 e. The fourth-order valence-electron chi connectivity index (χ4n) is 3.71. The van der Waals surface area contributed by atoms with Crippen molar-refractivity contribution in [3.63, 3.8) is 0 Å². The standard InChI is InChI=1S/C22H32N4O2.HI/c1-23-22(26(3)16-18-10-8-14-25(18)2)24-15-17-9-7-13-20(27-4)21(17)28-19-11-5-6-12-19;/h7-10,13-14,19H,5-6,11-12,15-16H2,1-4H3,(H,23,24);1H. The first-order valence-corrected chi connectivity index (χ1v) is 9.97. The van der Waals surface area contributed by atoms with Crippen LogP contribution in [0.4, 0.5) is 0 Å². The number of nitrogens with one attached hydrogen (secondary N) is 1. The quantitative estimate of drug-likeness (QED) is 0.344. The molecule has 1 heterocycles. The summed E-state index contributed by atoms with van der Waals surface area (Å²) in [6, 6.07) is 10.2. The molecule has 6 nitrogen and oxygen atoms in total. The Morgan fingerprint density at radius 2 is 2.00 bits per heavy atom. The normalized spacial score (nSPS) is 14.4. The average Bonchev–Trinajstić information content (AvgIpc) is 3.35. The Balaban J connectivity index is 0.00000300. The number of para-hydroxylation sites is 1. The number of rotatable bonds is 7. The SMILES string of the molecule is CN=C(NCc1cccc(OC)c1OC1CCCC1)N(C)Cc1cccn1C.I. The predicted octanol–water partition coefficient (Wildman–Crippen LogP) is 4.18. The molecule has 0 atom stereocenters. The van der Waals surface area contributed by atoms with E-state index in [-0.39, 0.29) is 30.1 Å². The number of benzene rings is 1. The first kappa shape index (κ1) is 23.4. The lowest BCUT2D eigenvalue weighted by Crippen LogP contribution is -2.38. The van der Waals surface area contributed by atoms with Gasteiger partial charge in [-0.15, -0.1) is 24.0 Å².